The van der Waals surface area contributed by atoms with Crippen molar-refractivity contribution in [1.29, 1.82) is 0 Å². The highest BCUT2D eigenvalue weighted by molar-refractivity contribution is 5.88. The van der Waals surface area contributed by atoms with Crippen LogP contribution in [0.25, 0.3) is 10.8 Å². The van der Waals surface area contributed by atoms with Gasteiger partial charge in [-0.3, -0.25) is 4.79 Å². The summed E-state index contributed by atoms with van der Waals surface area (Å²) in [6.07, 6.45) is 1.92. The highest BCUT2D eigenvalue weighted by Crippen LogP contribution is 2.24. The molecule has 0 aliphatic rings. The number of carbonyl (C=O) groups excluding carboxylic acids is 1. The molecule has 0 radical (unpaired) electrons. The van der Waals surface area contributed by atoms with Crippen molar-refractivity contribution in [2.45, 2.75) is 32.8 Å². The van der Waals surface area contributed by atoms with Crippen LogP contribution in [0.1, 0.15) is 25.8 Å². The Morgan fingerprint density at radius 2 is 1.79 bits per heavy atom. The summed E-state index contributed by atoms with van der Waals surface area (Å²) in [6.45, 7) is 4.67. The summed E-state index contributed by atoms with van der Waals surface area (Å²) >= 11 is 0. The summed E-state index contributed by atoms with van der Waals surface area (Å²) in [5.74, 6) is 1.51. The second-order valence-corrected chi connectivity index (χ2v) is 7.03. The van der Waals surface area contributed by atoms with Gasteiger partial charge in [-0.25, -0.2) is 0 Å². The van der Waals surface area contributed by atoms with Crippen LogP contribution in [-0.4, -0.2) is 25.2 Å². The molecule has 0 saturated heterocycles. The van der Waals surface area contributed by atoms with Crippen molar-refractivity contribution >= 4 is 16.7 Å². The smallest absolute Gasteiger partial charge is 0.257 e. The third-order valence-electron chi connectivity index (χ3n) is 4.34. The first kappa shape index (κ1) is 19.7. The molecule has 0 spiro atoms. The zero-order chi connectivity index (χ0) is 19.8. The number of ether oxygens (including phenoxy) is 2. The maximum atomic E-state index is 12.1. The van der Waals surface area contributed by atoms with Gasteiger partial charge in [0.05, 0.1) is 6.10 Å². The van der Waals surface area contributed by atoms with E-state index in [9.17, 15) is 4.79 Å². The Kier molecular flexibility index (Phi) is 6.90. The summed E-state index contributed by atoms with van der Waals surface area (Å²) in [5, 5.41) is 5.04. The number of rotatable bonds is 9. The van der Waals surface area contributed by atoms with Crippen LogP contribution in [0.15, 0.2) is 66.7 Å². The van der Waals surface area contributed by atoms with Gasteiger partial charge in [0, 0.05) is 11.9 Å². The van der Waals surface area contributed by atoms with Gasteiger partial charge in [-0.1, -0.05) is 48.5 Å². The van der Waals surface area contributed by atoms with Gasteiger partial charge in [-0.2, -0.15) is 0 Å². The highest BCUT2D eigenvalue weighted by atomic mass is 16.5. The second-order valence-electron chi connectivity index (χ2n) is 7.03. The Morgan fingerprint density at radius 1 is 1.00 bits per heavy atom. The van der Waals surface area contributed by atoms with E-state index < -0.39 is 0 Å². The predicted octanol–water partition coefficient (Wildman–Crippen LogP) is 4.75. The molecule has 3 rings (SSSR count). The van der Waals surface area contributed by atoms with Crippen LogP contribution >= 0.6 is 0 Å². The molecule has 4 nitrogen and oxygen atoms in total. The zero-order valence-electron chi connectivity index (χ0n) is 16.5. The predicted molar refractivity (Wildman–Crippen MR) is 113 cm³/mol. The lowest BCUT2D eigenvalue weighted by Gasteiger charge is -2.11. The van der Waals surface area contributed by atoms with E-state index in [0.717, 1.165) is 35.1 Å². The Hall–Kier alpha value is -3.01. The Labute approximate surface area is 166 Å². The van der Waals surface area contributed by atoms with Gasteiger partial charge >= 0.3 is 0 Å². The van der Waals surface area contributed by atoms with Gasteiger partial charge in [0.2, 0.25) is 0 Å². The molecular formula is C24H27NO3. The first-order chi connectivity index (χ1) is 13.6. The van der Waals surface area contributed by atoms with Gasteiger partial charge in [0.1, 0.15) is 11.5 Å². The average molecular weight is 377 g/mol. The number of fused-ring (bicyclic) bond motifs is 1. The molecule has 3 aromatic rings. The average Bonchev–Trinajstić information content (AvgIpc) is 2.69. The van der Waals surface area contributed by atoms with E-state index in [2.05, 4.69) is 17.4 Å². The van der Waals surface area contributed by atoms with Crippen molar-refractivity contribution in [1.82, 2.24) is 5.32 Å². The number of nitrogens with one attached hydrogen (secondary N) is 1. The molecule has 3 aromatic carbocycles. The lowest BCUT2D eigenvalue weighted by atomic mass is 10.1. The quantitative estimate of drug-likeness (QED) is 0.547. The number of aryl methyl sites for hydroxylation is 1. The summed E-state index contributed by atoms with van der Waals surface area (Å²) < 4.78 is 11.4. The lowest BCUT2D eigenvalue weighted by Crippen LogP contribution is -2.29. The first-order valence-electron chi connectivity index (χ1n) is 9.74. The molecule has 0 heterocycles. The third kappa shape index (κ3) is 5.74. The second kappa shape index (κ2) is 9.79. The Bertz CT molecular complexity index is 915. The van der Waals surface area contributed by atoms with Crippen LogP contribution in [-0.2, 0) is 11.2 Å². The monoisotopic (exact) mass is 377 g/mol. The van der Waals surface area contributed by atoms with Gasteiger partial charge in [0.15, 0.2) is 6.61 Å². The topological polar surface area (TPSA) is 47.6 Å². The number of carbonyl (C=O) groups is 1. The molecule has 0 aliphatic carbocycles. The first-order valence-corrected chi connectivity index (χ1v) is 9.74. The van der Waals surface area contributed by atoms with Crippen LogP contribution in [0.2, 0.25) is 0 Å². The zero-order valence-corrected chi connectivity index (χ0v) is 16.5. The number of hydrogen-bond acceptors (Lipinski definition) is 3. The molecule has 0 aliphatic heterocycles. The molecule has 4 heteroatoms. The molecule has 146 valence electrons. The minimum absolute atomic E-state index is 0.0196. The largest absolute Gasteiger partial charge is 0.491 e. The summed E-state index contributed by atoms with van der Waals surface area (Å²) in [5.41, 5.74) is 1.21. The van der Waals surface area contributed by atoms with Crippen molar-refractivity contribution in [2.24, 2.45) is 0 Å². The van der Waals surface area contributed by atoms with Crippen LogP contribution < -0.4 is 14.8 Å². The molecule has 0 saturated carbocycles. The van der Waals surface area contributed by atoms with E-state index in [1.165, 1.54) is 5.56 Å². The molecule has 0 unspecified atom stereocenters. The summed E-state index contributed by atoms with van der Waals surface area (Å²) in [7, 11) is 0. The van der Waals surface area contributed by atoms with Crippen LogP contribution in [0.3, 0.4) is 0 Å². The third-order valence-corrected chi connectivity index (χ3v) is 4.34. The minimum Gasteiger partial charge on any atom is -0.491 e. The van der Waals surface area contributed by atoms with Crippen molar-refractivity contribution in [2.75, 3.05) is 13.2 Å². The van der Waals surface area contributed by atoms with Crippen molar-refractivity contribution in [3.63, 3.8) is 0 Å². The lowest BCUT2D eigenvalue weighted by molar-refractivity contribution is -0.123. The Morgan fingerprint density at radius 3 is 2.64 bits per heavy atom. The molecule has 0 aromatic heterocycles. The van der Waals surface area contributed by atoms with Crippen LogP contribution in [0.4, 0.5) is 0 Å². The van der Waals surface area contributed by atoms with Gasteiger partial charge < -0.3 is 14.8 Å². The number of amides is 1. The molecule has 0 atom stereocenters. The standard InChI is InChI=1S/C24H27NO3/c1-18(2)28-21-12-5-8-19(16-21)9-7-15-25-24(26)17-27-23-14-6-11-20-10-3-4-13-22(20)23/h3-6,8,10-14,16,18H,7,9,15,17H2,1-2H3,(H,25,26). The molecule has 0 fully saturated rings. The van der Waals surface area contributed by atoms with E-state index in [0.29, 0.717) is 6.54 Å². The number of benzene rings is 3. The highest BCUT2D eigenvalue weighted by Gasteiger charge is 2.06. The van der Waals surface area contributed by atoms with Crippen LogP contribution in [0, 0.1) is 0 Å². The fourth-order valence-electron chi connectivity index (χ4n) is 3.08. The maximum Gasteiger partial charge on any atom is 0.257 e. The van der Waals surface area contributed by atoms with E-state index in [1.807, 2.05) is 68.4 Å². The fourth-order valence-corrected chi connectivity index (χ4v) is 3.08. The minimum atomic E-state index is -0.107. The van der Waals surface area contributed by atoms with E-state index >= 15 is 0 Å². The fraction of sp³-hybridized carbons (Fsp3) is 0.292. The summed E-state index contributed by atoms with van der Waals surface area (Å²) in [4.78, 5) is 12.1. The number of hydrogen-bond donors (Lipinski definition) is 1. The van der Waals surface area contributed by atoms with Gasteiger partial charge in [-0.15, -0.1) is 0 Å². The van der Waals surface area contributed by atoms with E-state index in [-0.39, 0.29) is 18.6 Å². The summed E-state index contributed by atoms with van der Waals surface area (Å²) in [6, 6.07) is 22.0. The van der Waals surface area contributed by atoms with Crippen LogP contribution in [0.5, 0.6) is 11.5 Å². The van der Waals surface area contributed by atoms with Crippen molar-refractivity contribution in [3.8, 4) is 11.5 Å². The molecule has 0 bridgehead atoms. The maximum absolute atomic E-state index is 12.1. The van der Waals surface area contributed by atoms with E-state index in [4.69, 9.17) is 9.47 Å². The van der Waals surface area contributed by atoms with Gasteiger partial charge in [0.25, 0.3) is 5.91 Å². The SMILES string of the molecule is CC(C)Oc1cccc(CCCNC(=O)COc2cccc3ccccc23)c1. The Balaban J connectivity index is 1.41. The molecule has 1 amide bonds. The van der Waals surface area contributed by atoms with Crippen molar-refractivity contribution < 1.29 is 14.3 Å². The van der Waals surface area contributed by atoms with Crippen molar-refractivity contribution in [3.05, 3.63) is 72.3 Å². The molecule has 1 N–H and O–H groups in total. The molecule has 28 heavy (non-hydrogen) atoms. The molecular weight excluding hydrogens is 350 g/mol. The van der Waals surface area contributed by atoms with E-state index in [1.54, 1.807) is 0 Å². The normalized spacial score (nSPS) is 10.8. The van der Waals surface area contributed by atoms with Gasteiger partial charge in [-0.05, 0) is 55.8 Å².